The number of amides is 1. The summed E-state index contributed by atoms with van der Waals surface area (Å²) in [6.07, 6.45) is 0.993. The van der Waals surface area contributed by atoms with Crippen LogP contribution in [-0.2, 0) is 26.4 Å². The van der Waals surface area contributed by atoms with Crippen molar-refractivity contribution in [2.75, 3.05) is 30.6 Å². The van der Waals surface area contributed by atoms with Crippen molar-refractivity contribution in [3.8, 4) is 11.3 Å². The third-order valence-corrected chi connectivity index (χ3v) is 6.68. The summed E-state index contributed by atoms with van der Waals surface area (Å²) < 4.78 is 35.3. The molecule has 3 rings (SSSR count). The number of hydrogen-bond acceptors (Lipinski definition) is 9. The first-order chi connectivity index (χ1) is 17.9. The predicted octanol–water partition coefficient (Wildman–Crippen LogP) is 2.20. The summed E-state index contributed by atoms with van der Waals surface area (Å²) in [5, 5.41) is 4.16. The highest BCUT2D eigenvalue weighted by molar-refractivity contribution is 7.90. The van der Waals surface area contributed by atoms with Gasteiger partial charge in [0.2, 0.25) is 0 Å². The molecule has 14 heteroatoms. The van der Waals surface area contributed by atoms with E-state index in [1.54, 1.807) is 43.0 Å². The van der Waals surface area contributed by atoms with Crippen LogP contribution in [0.2, 0.25) is 0 Å². The molecule has 0 atom stereocenters. The second-order valence-electron chi connectivity index (χ2n) is 9.06. The molecule has 1 aromatic carbocycles. The van der Waals surface area contributed by atoms with Gasteiger partial charge in [0.15, 0.2) is 0 Å². The molecule has 1 N–H and O–H groups in total. The number of benzene rings is 1. The van der Waals surface area contributed by atoms with E-state index in [2.05, 4.69) is 10.5 Å². The number of aryl methyl sites for hydroxylation is 1. The molecule has 0 aliphatic carbocycles. The van der Waals surface area contributed by atoms with Gasteiger partial charge in [-0.05, 0) is 42.5 Å². The molecule has 206 valence electrons. The molecule has 0 spiro atoms. The molecule has 0 aliphatic heterocycles. The van der Waals surface area contributed by atoms with Gasteiger partial charge in [-0.3, -0.25) is 9.48 Å². The van der Waals surface area contributed by atoms with E-state index in [1.165, 1.54) is 0 Å². The number of nitrogens with zero attached hydrogens (tertiary/aromatic N) is 4. The lowest BCUT2D eigenvalue weighted by molar-refractivity contribution is 0.146. The van der Waals surface area contributed by atoms with Crippen LogP contribution in [0.1, 0.15) is 45.1 Å². The average Bonchev–Trinajstić information content (AvgIpc) is 3.27. The SMILES string of the molecule is CCCOC(=O)n1c(=O)n(NC(=O)OCCCS(C)(=O)=O)c(=O)c2cc(-c3ccnn3C)c(C(C)C)cc21. The number of hydrogen-bond donors (Lipinski definition) is 1. The molecule has 0 unspecified atom stereocenters. The van der Waals surface area contributed by atoms with Crippen LogP contribution in [0.5, 0.6) is 0 Å². The summed E-state index contributed by atoms with van der Waals surface area (Å²) in [5.41, 5.74) is 2.15. The van der Waals surface area contributed by atoms with E-state index in [9.17, 15) is 27.6 Å². The maximum Gasteiger partial charge on any atom is 0.426 e. The lowest BCUT2D eigenvalue weighted by Crippen LogP contribution is -2.48. The van der Waals surface area contributed by atoms with Gasteiger partial charge < -0.3 is 9.47 Å². The van der Waals surface area contributed by atoms with Gasteiger partial charge in [0.1, 0.15) is 9.84 Å². The zero-order chi connectivity index (χ0) is 28.2. The van der Waals surface area contributed by atoms with Crippen molar-refractivity contribution in [3.05, 3.63) is 50.8 Å². The van der Waals surface area contributed by atoms with Gasteiger partial charge in [0, 0.05) is 25.1 Å². The summed E-state index contributed by atoms with van der Waals surface area (Å²) >= 11 is 0. The van der Waals surface area contributed by atoms with E-state index in [0.29, 0.717) is 26.9 Å². The Labute approximate surface area is 218 Å². The van der Waals surface area contributed by atoms with Crippen molar-refractivity contribution < 1.29 is 27.5 Å². The lowest BCUT2D eigenvalue weighted by atomic mass is 9.93. The Morgan fingerprint density at radius 3 is 2.42 bits per heavy atom. The molecule has 0 aliphatic rings. The average molecular weight is 550 g/mol. The monoisotopic (exact) mass is 549 g/mol. The van der Waals surface area contributed by atoms with Crippen LogP contribution in [0.4, 0.5) is 9.59 Å². The maximum absolute atomic E-state index is 13.4. The van der Waals surface area contributed by atoms with Gasteiger partial charge in [-0.15, -0.1) is 0 Å². The fourth-order valence-electron chi connectivity index (χ4n) is 3.85. The second-order valence-corrected chi connectivity index (χ2v) is 11.3. The summed E-state index contributed by atoms with van der Waals surface area (Å²) in [6.45, 7) is 5.42. The summed E-state index contributed by atoms with van der Waals surface area (Å²) in [4.78, 5) is 52.1. The van der Waals surface area contributed by atoms with E-state index < -0.39 is 33.3 Å². The van der Waals surface area contributed by atoms with E-state index >= 15 is 0 Å². The molecule has 0 saturated carbocycles. The van der Waals surface area contributed by atoms with Crippen LogP contribution >= 0.6 is 0 Å². The van der Waals surface area contributed by atoms with Gasteiger partial charge in [-0.1, -0.05) is 20.8 Å². The molecule has 38 heavy (non-hydrogen) atoms. The van der Waals surface area contributed by atoms with Crippen molar-refractivity contribution >= 4 is 32.9 Å². The Balaban J connectivity index is 2.18. The zero-order valence-electron chi connectivity index (χ0n) is 21.9. The van der Waals surface area contributed by atoms with Crippen molar-refractivity contribution in [1.29, 1.82) is 0 Å². The van der Waals surface area contributed by atoms with Crippen molar-refractivity contribution in [2.45, 2.75) is 39.5 Å². The quantitative estimate of drug-likeness (QED) is 0.395. The molecule has 2 aromatic heterocycles. The third kappa shape index (κ3) is 6.30. The van der Waals surface area contributed by atoms with E-state index in [4.69, 9.17) is 9.47 Å². The molecule has 13 nitrogen and oxygen atoms in total. The van der Waals surface area contributed by atoms with Crippen molar-refractivity contribution in [3.63, 3.8) is 0 Å². The standard InChI is InChI=1S/C24H31N5O8S/c1-6-10-37-24(33)28-20-14-16(15(2)3)17(19-8-9-25-27(19)4)13-18(20)21(30)29(23(28)32)26-22(31)36-11-7-12-38(5,34)35/h8-9,13-15H,6-7,10-12H2,1-5H3,(H,26,31). The van der Waals surface area contributed by atoms with Crippen LogP contribution in [0.15, 0.2) is 34.0 Å². The second kappa shape index (κ2) is 11.6. The summed E-state index contributed by atoms with van der Waals surface area (Å²) in [6, 6.07) is 4.90. The Morgan fingerprint density at radius 2 is 1.84 bits per heavy atom. The molecule has 2 heterocycles. The zero-order valence-corrected chi connectivity index (χ0v) is 22.7. The number of fused-ring (bicyclic) bond motifs is 1. The first kappa shape index (κ1) is 28.6. The van der Waals surface area contributed by atoms with Crippen LogP contribution in [-0.4, -0.2) is 64.9 Å². The molecule has 1 amide bonds. The third-order valence-electron chi connectivity index (χ3n) is 5.65. The van der Waals surface area contributed by atoms with Crippen LogP contribution < -0.4 is 16.7 Å². The molecule has 0 radical (unpaired) electrons. The minimum Gasteiger partial charge on any atom is -0.449 e. The Morgan fingerprint density at radius 1 is 1.13 bits per heavy atom. The Bertz CT molecular complexity index is 1580. The Hall–Kier alpha value is -3.94. The lowest BCUT2D eigenvalue weighted by Gasteiger charge is -2.18. The van der Waals surface area contributed by atoms with Gasteiger partial charge in [0.25, 0.3) is 5.56 Å². The van der Waals surface area contributed by atoms with E-state index in [-0.39, 0.29) is 42.2 Å². The van der Waals surface area contributed by atoms with Gasteiger partial charge >= 0.3 is 17.9 Å². The van der Waals surface area contributed by atoms with Crippen molar-refractivity contribution in [2.24, 2.45) is 7.05 Å². The minimum absolute atomic E-state index is 0.0234. The fourth-order valence-corrected chi connectivity index (χ4v) is 4.49. The molecular weight excluding hydrogens is 518 g/mol. The first-order valence-corrected chi connectivity index (χ1v) is 14.0. The van der Waals surface area contributed by atoms with Gasteiger partial charge in [0.05, 0.1) is 35.6 Å². The number of carbonyl (C=O) groups excluding carboxylic acids is 2. The van der Waals surface area contributed by atoms with E-state index in [0.717, 1.165) is 11.8 Å². The number of ether oxygens (including phenoxy) is 2. The fraction of sp³-hybridized carbons (Fsp3) is 0.458. The first-order valence-electron chi connectivity index (χ1n) is 12.0. The van der Waals surface area contributed by atoms with Crippen LogP contribution in [0, 0.1) is 0 Å². The largest absolute Gasteiger partial charge is 0.449 e. The molecule has 0 bridgehead atoms. The molecule has 0 fully saturated rings. The number of nitrogens with one attached hydrogen (secondary N) is 1. The van der Waals surface area contributed by atoms with Crippen LogP contribution in [0.25, 0.3) is 22.2 Å². The maximum atomic E-state index is 13.4. The number of aromatic nitrogens is 4. The molecule has 3 aromatic rings. The predicted molar refractivity (Wildman–Crippen MR) is 141 cm³/mol. The highest BCUT2D eigenvalue weighted by Crippen LogP contribution is 2.32. The summed E-state index contributed by atoms with van der Waals surface area (Å²) in [5.74, 6) is -0.261. The van der Waals surface area contributed by atoms with Crippen LogP contribution in [0.3, 0.4) is 0 Å². The summed E-state index contributed by atoms with van der Waals surface area (Å²) in [7, 11) is -1.51. The molecular formula is C24H31N5O8S. The number of rotatable bonds is 9. The van der Waals surface area contributed by atoms with Gasteiger partial charge in [-0.2, -0.15) is 14.3 Å². The van der Waals surface area contributed by atoms with E-state index in [1.807, 2.05) is 13.8 Å². The number of carbonyl (C=O) groups is 2. The topological polar surface area (TPSA) is 161 Å². The number of sulfone groups is 1. The van der Waals surface area contributed by atoms with Crippen molar-refractivity contribution in [1.82, 2.24) is 19.0 Å². The smallest absolute Gasteiger partial charge is 0.426 e. The minimum atomic E-state index is -3.26. The highest BCUT2D eigenvalue weighted by Gasteiger charge is 2.24. The van der Waals surface area contributed by atoms with Gasteiger partial charge in [-0.25, -0.2) is 28.2 Å². The molecule has 0 saturated heterocycles. The highest BCUT2D eigenvalue weighted by atomic mass is 32.2. The Kier molecular flexibility index (Phi) is 8.76. The normalized spacial score (nSPS) is 11.6.